The highest BCUT2D eigenvalue weighted by atomic mass is 79.9. The molecule has 1 fully saturated rings. The quantitative estimate of drug-likeness (QED) is 0.831. The molecule has 116 valence electrons. The fourth-order valence-corrected chi connectivity index (χ4v) is 3.69. The van der Waals surface area contributed by atoms with Gasteiger partial charge in [0.15, 0.2) is 0 Å². The number of aliphatic hydroxyl groups is 1. The summed E-state index contributed by atoms with van der Waals surface area (Å²) in [4.78, 5) is 12.2. The smallest absolute Gasteiger partial charge is 0.251 e. The Morgan fingerprint density at radius 1 is 1.43 bits per heavy atom. The molecule has 5 heteroatoms. The van der Waals surface area contributed by atoms with Crippen molar-refractivity contribution in [3.63, 3.8) is 0 Å². The molecule has 2 N–H and O–H groups in total. The van der Waals surface area contributed by atoms with Gasteiger partial charge in [0.05, 0.1) is 5.60 Å². The maximum absolute atomic E-state index is 12.2. The third kappa shape index (κ3) is 4.70. The molecule has 0 aromatic heterocycles. The van der Waals surface area contributed by atoms with E-state index in [0.29, 0.717) is 23.0 Å². The highest BCUT2D eigenvalue weighted by Gasteiger charge is 2.32. The van der Waals surface area contributed by atoms with E-state index in [0.717, 1.165) is 30.2 Å². The molecule has 0 spiro atoms. The van der Waals surface area contributed by atoms with E-state index in [1.54, 1.807) is 18.2 Å². The predicted octanol–water partition coefficient (Wildman–Crippen LogP) is 4.16. The van der Waals surface area contributed by atoms with Crippen LogP contribution in [0.25, 0.3) is 0 Å². The number of carbonyl (C=O) groups excluding carboxylic acids is 1. The zero-order valence-corrected chi connectivity index (χ0v) is 14.5. The maximum Gasteiger partial charge on any atom is 0.251 e. The van der Waals surface area contributed by atoms with E-state index in [1.807, 2.05) is 0 Å². The molecule has 0 bridgehead atoms. The number of hydrogen-bond acceptors (Lipinski definition) is 2. The lowest BCUT2D eigenvalue weighted by Crippen LogP contribution is -2.45. The molecule has 21 heavy (non-hydrogen) atoms. The Morgan fingerprint density at radius 3 is 2.67 bits per heavy atom. The first-order valence-corrected chi connectivity index (χ1v) is 8.55. The molecule has 0 radical (unpaired) electrons. The van der Waals surface area contributed by atoms with E-state index in [1.165, 1.54) is 6.42 Å². The molecule has 0 atom stereocenters. The average Bonchev–Trinajstić information content (AvgIpc) is 2.45. The topological polar surface area (TPSA) is 49.3 Å². The fraction of sp³-hybridized carbons (Fsp3) is 0.562. The van der Waals surface area contributed by atoms with Gasteiger partial charge in [-0.2, -0.15) is 0 Å². The van der Waals surface area contributed by atoms with Crippen LogP contribution < -0.4 is 5.32 Å². The first kappa shape index (κ1) is 16.8. The largest absolute Gasteiger partial charge is 0.388 e. The summed E-state index contributed by atoms with van der Waals surface area (Å²) < 4.78 is 0.766. The molecule has 0 unspecified atom stereocenters. The first-order valence-electron chi connectivity index (χ1n) is 7.38. The Bertz CT molecular complexity index is 493. The number of carbonyl (C=O) groups is 1. The SMILES string of the molecule is CCC1CCC(O)(CNC(=O)c2cc(Cl)cc(Br)c2)CC1. The van der Waals surface area contributed by atoms with Gasteiger partial charge in [-0.3, -0.25) is 4.79 Å². The summed E-state index contributed by atoms with van der Waals surface area (Å²) in [7, 11) is 0. The second-order valence-electron chi connectivity index (χ2n) is 5.92. The molecular formula is C16H21BrClNO2. The van der Waals surface area contributed by atoms with E-state index in [9.17, 15) is 9.90 Å². The van der Waals surface area contributed by atoms with Gasteiger partial charge in [0.2, 0.25) is 0 Å². The van der Waals surface area contributed by atoms with Crippen molar-refractivity contribution >= 4 is 33.4 Å². The number of hydrogen-bond donors (Lipinski definition) is 2. The summed E-state index contributed by atoms with van der Waals surface area (Å²) >= 11 is 9.26. The summed E-state index contributed by atoms with van der Waals surface area (Å²) in [6.45, 7) is 2.49. The highest BCUT2D eigenvalue weighted by Crippen LogP contribution is 2.33. The van der Waals surface area contributed by atoms with Crippen molar-refractivity contribution in [2.24, 2.45) is 5.92 Å². The minimum Gasteiger partial charge on any atom is -0.388 e. The first-order chi connectivity index (χ1) is 9.92. The van der Waals surface area contributed by atoms with Gasteiger partial charge >= 0.3 is 0 Å². The van der Waals surface area contributed by atoms with Crippen molar-refractivity contribution in [1.29, 1.82) is 0 Å². The van der Waals surface area contributed by atoms with Crippen LogP contribution >= 0.6 is 27.5 Å². The number of rotatable bonds is 4. The lowest BCUT2D eigenvalue weighted by molar-refractivity contribution is -0.00786. The van der Waals surface area contributed by atoms with Gasteiger partial charge in [-0.25, -0.2) is 0 Å². The number of nitrogens with one attached hydrogen (secondary N) is 1. The Balaban J connectivity index is 1.92. The van der Waals surface area contributed by atoms with Crippen molar-refractivity contribution in [3.8, 4) is 0 Å². The van der Waals surface area contributed by atoms with E-state index in [-0.39, 0.29) is 5.91 Å². The summed E-state index contributed by atoms with van der Waals surface area (Å²) in [5.74, 6) is 0.508. The molecule has 0 saturated heterocycles. The zero-order chi connectivity index (χ0) is 15.5. The third-order valence-electron chi connectivity index (χ3n) is 4.32. The van der Waals surface area contributed by atoms with Crippen LogP contribution in [-0.4, -0.2) is 23.2 Å². The van der Waals surface area contributed by atoms with E-state index < -0.39 is 5.60 Å². The molecule has 3 nitrogen and oxygen atoms in total. The Morgan fingerprint density at radius 2 is 2.10 bits per heavy atom. The van der Waals surface area contributed by atoms with Gasteiger partial charge in [0, 0.05) is 21.6 Å². The molecule has 1 aromatic carbocycles. The van der Waals surface area contributed by atoms with Crippen molar-refractivity contribution in [3.05, 3.63) is 33.3 Å². The number of amides is 1. The van der Waals surface area contributed by atoms with Gasteiger partial charge in [-0.15, -0.1) is 0 Å². The molecule has 0 aliphatic heterocycles. The highest BCUT2D eigenvalue weighted by molar-refractivity contribution is 9.10. The van der Waals surface area contributed by atoms with Crippen LogP contribution in [0, 0.1) is 5.92 Å². The van der Waals surface area contributed by atoms with Crippen molar-refractivity contribution in [1.82, 2.24) is 5.32 Å². The van der Waals surface area contributed by atoms with E-state index in [4.69, 9.17) is 11.6 Å². The third-order valence-corrected chi connectivity index (χ3v) is 4.99. The lowest BCUT2D eigenvalue weighted by Gasteiger charge is -2.35. The van der Waals surface area contributed by atoms with E-state index in [2.05, 4.69) is 28.2 Å². The Hall–Kier alpha value is -0.580. The van der Waals surface area contributed by atoms with Gasteiger partial charge in [0.25, 0.3) is 5.91 Å². The van der Waals surface area contributed by atoms with E-state index >= 15 is 0 Å². The molecule has 0 heterocycles. The van der Waals surface area contributed by atoms with Crippen molar-refractivity contribution in [2.45, 2.75) is 44.6 Å². The maximum atomic E-state index is 12.2. The molecule has 1 saturated carbocycles. The van der Waals surface area contributed by atoms with Crippen LogP contribution in [0.4, 0.5) is 0 Å². The molecule has 1 aromatic rings. The van der Waals surface area contributed by atoms with Gasteiger partial charge in [-0.1, -0.05) is 40.9 Å². The lowest BCUT2D eigenvalue weighted by atomic mass is 9.78. The molecule has 1 aliphatic rings. The average molecular weight is 375 g/mol. The normalized spacial score (nSPS) is 25.6. The number of benzene rings is 1. The fourth-order valence-electron chi connectivity index (χ4n) is 2.83. The molecular weight excluding hydrogens is 354 g/mol. The van der Waals surface area contributed by atoms with Crippen molar-refractivity contribution in [2.75, 3.05) is 6.54 Å². The minimum atomic E-state index is -0.767. The molecule has 2 rings (SSSR count). The van der Waals surface area contributed by atoms with Gasteiger partial charge in [-0.05, 0) is 49.8 Å². The second-order valence-corrected chi connectivity index (χ2v) is 7.27. The second kappa shape index (κ2) is 7.12. The van der Waals surface area contributed by atoms with Crippen molar-refractivity contribution < 1.29 is 9.90 Å². The Labute approximate surface area is 139 Å². The standard InChI is InChI=1S/C16H21BrClNO2/c1-2-11-3-5-16(21,6-4-11)10-19-15(20)12-7-13(17)9-14(18)8-12/h7-9,11,21H,2-6,10H2,1H3,(H,19,20). The van der Waals surface area contributed by atoms with Crippen LogP contribution in [0.15, 0.2) is 22.7 Å². The predicted molar refractivity (Wildman–Crippen MR) is 88.7 cm³/mol. The molecule has 1 aliphatic carbocycles. The van der Waals surface area contributed by atoms with Crippen LogP contribution in [-0.2, 0) is 0 Å². The Kier molecular flexibility index (Phi) is 5.69. The zero-order valence-electron chi connectivity index (χ0n) is 12.2. The summed E-state index contributed by atoms with van der Waals surface area (Å²) in [5, 5.41) is 13.9. The van der Waals surface area contributed by atoms with Crippen LogP contribution in [0.3, 0.4) is 0 Å². The summed E-state index contributed by atoms with van der Waals surface area (Å²) in [6.07, 6.45) is 4.74. The summed E-state index contributed by atoms with van der Waals surface area (Å²) in [6, 6.07) is 5.08. The summed E-state index contributed by atoms with van der Waals surface area (Å²) in [5.41, 5.74) is -0.267. The van der Waals surface area contributed by atoms with Gasteiger partial charge < -0.3 is 10.4 Å². The number of halogens is 2. The minimum absolute atomic E-state index is 0.204. The van der Waals surface area contributed by atoms with Crippen LogP contribution in [0.2, 0.25) is 5.02 Å². The van der Waals surface area contributed by atoms with Gasteiger partial charge in [0.1, 0.15) is 0 Å². The monoisotopic (exact) mass is 373 g/mol. The van der Waals surface area contributed by atoms with Crippen LogP contribution in [0.1, 0.15) is 49.4 Å². The van der Waals surface area contributed by atoms with Crippen LogP contribution in [0.5, 0.6) is 0 Å². The molecule has 1 amide bonds.